The Balaban J connectivity index is 1.78. The number of amides is 1. The predicted octanol–water partition coefficient (Wildman–Crippen LogP) is 1.93. The van der Waals surface area contributed by atoms with Crippen molar-refractivity contribution in [2.75, 3.05) is 13.1 Å². The summed E-state index contributed by atoms with van der Waals surface area (Å²) in [4.78, 5) is 31.8. The Morgan fingerprint density at radius 3 is 3.00 bits per heavy atom. The van der Waals surface area contributed by atoms with Crippen LogP contribution in [0.4, 0.5) is 4.39 Å². The van der Waals surface area contributed by atoms with Crippen molar-refractivity contribution in [2.45, 2.75) is 18.8 Å². The molecule has 3 rings (SSSR count). The summed E-state index contributed by atoms with van der Waals surface area (Å²) >= 11 is 0. The number of likely N-dealkylation sites (tertiary alicyclic amines) is 1. The van der Waals surface area contributed by atoms with Crippen LogP contribution in [-0.4, -0.2) is 33.9 Å². The van der Waals surface area contributed by atoms with Crippen LogP contribution in [0.2, 0.25) is 0 Å². The molecular formula is C16H16FN3O2. The first kappa shape index (κ1) is 14.4. The number of nitrogens with one attached hydrogen (secondary N) is 1. The summed E-state index contributed by atoms with van der Waals surface area (Å²) in [5.41, 5.74) is 0.756. The highest BCUT2D eigenvalue weighted by atomic mass is 19.1. The van der Waals surface area contributed by atoms with E-state index in [4.69, 9.17) is 0 Å². The van der Waals surface area contributed by atoms with Gasteiger partial charge in [-0.25, -0.2) is 14.2 Å². The van der Waals surface area contributed by atoms with Crippen molar-refractivity contribution in [3.8, 4) is 0 Å². The molecule has 6 heteroatoms. The van der Waals surface area contributed by atoms with E-state index < -0.39 is 5.82 Å². The fourth-order valence-corrected chi connectivity index (χ4v) is 2.84. The molecule has 5 nitrogen and oxygen atoms in total. The van der Waals surface area contributed by atoms with Gasteiger partial charge in [-0.2, -0.15) is 0 Å². The Bertz CT molecular complexity index is 744. The van der Waals surface area contributed by atoms with Crippen LogP contribution in [0.1, 0.15) is 34.8 Å². The van der Waals surface area contributed by atoms with Crippen LogP contribution in [-0.2, 0) is 0 Å². The summed E-state index contributed by atoms with van der Waals surface area (Å²) in [6.07, 6.45) is 3.21. The lowest BCUT2D eigenvalue weighted by atomic mass is 9.94. The lowest BCUT2D eigenvalue weighted by Gasteiger charge is -2.32. The van der Waals surface area contributed by atoms with Crippen LogP contribution < -0.4 is 5.69 Å². The van der Waals surface area contributed by atoms with E-state index in [-0.39, 0.29) is 17.5 Å². The molecule has 0 spiro atoms. The third-order valence-electron chi connectivity index (χ3n) is 3.92. The van der Waals surface area contributed by atoms with Gasteiger partial charge >= 0.3 is 5.69 Å². The highest BCUT2D eigenvalue weighted by molar-refractivity contribution is 5.94. The lowest BCUT2D eigenvalue weighted by molar-refractivity contribution is 0.0705. The maximum absolute atomic E-state index is 13.3. The van der Waals surface area contributed by atoms with E-state index in [1.54, 1.807) is 17.0 Å². The van der Waals surface area contributed by atoms with E-state index in [9.17, 15) is 14.0 Å². The van der Waals surface area contributed by atoms with Gasteiger partial charge in [0, 0.05) is 36.5 Å². The molecule has 0 aliphatic carbocycles. The number of carbonyl (C=O) groups is 1. The number of aromatic nitrogens is 2. The average Bonchev–Trinajstić information content (AvgIpc) is 2.54. The molecule has 1 fully saturated rings. The highest BCUT2D eigenvalue weighted by Crippen LogP contribution is 2.25. The van der Waals surface area contributed by atoms with Crippen molar-refractivity contribution >= 4 is 5.91 Å². The zero-order chi connectivity index (χ0) is 15.5. The van der Waals surface area contributed by atoms with Gasteiger partial charge in [0.15, 0.2) is 0 Å². The van der Waals surface area contributed by atoms with Crippen LogP contribution >= 0.6 is 0 Å². The summed E-state index contributed by atoms with van der Waals surface area (Å²) in [6, 6.07) is 7.48. The van der Waals surface area contributed by atoms with Gasteiger partial charge in [-0.3, -0.25) is 4.79 Å². The fraction of sp³-hybridized carbons (Fsp3) is 0.312. The number of nitrogens with zero attached hydrogens (tertiary/aromatic N) is 2. The molecule has 1 atom stereocenters. The normalized spacial score (nSPS) is 18.2. The van der Waals surface area contributed by atoms with Gasteiger partial charge in [-0.1, -0.05) is 6.07 Å². The summed E-state index contributed by atoms with van der Waals surface area (Å²) in [5, 5.41) is 0. The third kappa shape index (κ3) is 3.05. The SMILES string of the molecule is O=C(c1cccc(F)c1)N1CCC[C@@H](c2ccnc(=O)[nH]2)C1. The first-order valence-electron chi connectivity index (χ1n) is 7.23. The van der Waals surface area contributed by atoms with Gasteiger partial charge in [0.2, 0.25) is 0 Å². The van der Waals surface area contributed by atoms with Crippen LogP contribution in [0.15, 0.2) is 41.3 Å². The van der Waals surface area contributed by atoms with E-state index in [0.717, 1.165) is 18.5 Å². The number of halogens is 1. The first-order valence-corrected chi connectivity index (χ1v) is 7.23. The standard InChI is InChI=1S/C16H16FN3O2/c17-13-5-1-3-11(9-13)15(21)20-8-2-4-12(10-20)14-6-7-18-16(22)19-14/h1,3,5-7,9,12H,2,4,8,10H2,(H,18,19,22)/t12-/m1/s1. The second-order valence-corrected chi connectivity index (χ2v) is 5.43. The molecule has 1 aliphatic heterocycles. The molecule has 2 aromatic rings. The molecular weight excluding hydrogens is 285 g/mol. The highest BCUT2D eigenvalue weighted by Gasteiger charge is 2.26. The minimum atomic E-state index is -0.419. The molecule has 0 radical (unpaired) electrons. The van der Waals surface area contributed by atoms with Gasteiger partial charge in [-0.05, 0) is 37.1 Å². The minimum Gasteiger partial charge on any atom is -0.338 e. The van der Waals surface area contributed by atoms with Crippen molar-refractivity contribution in [3.05, 3.63) is 64.1 Å². The van der Waals surface area contributed by atoms with Crippen LogP contribution in [0.5, 0.6) is 0 Å². The number of aromatic amines is 1. The van der Waals surface area contributed by atoms with E-state index >= 15 is 0 Å². The van der Waals surface area contributed by atoms with E-state index in [1.165, 1.54) is 24.4 Å². The van der Waals surface area contributed by atoms with Gasteiger partial charge in [0.25, 0.3) is 5.91 Å². The summed E-state index contributed by atoms with van der Waals surface area (Å²) in [6.45, 7) is 1.15. The molecule has 0 unspecified atom stereocenters. The molecule has 0 bridgehead atoms. The fourth-order valence-electron chi connectivity index (χ4n) is 2.84. The predicted molar refractivity (Wildman–Crippen MR) is 79.1 cm³/mol. The van der Waals surface area contributed by atoms with E-state index in [1.807, 2.05) is 0 Å². The number of hydrogen-bond acceptors (Lipinski definition) is 3. The van der Waals surface area contributed by atoms with Crippen molar-refractivity contribution in [3.63, 3.8) is 0 Å². The molecule has 22 heavy (non-hydrogen) atoms. The topological polar surface area (TPSA) is 66.1 Å². The molecule has 1 aliphatic rings. The van der Waals surface area contributed by atoms with Crippen molar-refractivity contribution < 1.29 is 9.18 Å². The van der Waals surface area contributed by atoms with Crippen molar-refractivity contribution in [2.24, 2.45) is 0 Å². The summed E-state index contributed by atoms with van der Waals surface area (Å²) in [5.74, 6) is -0.527. The zero-order valence-electron chi connectivity index (χ0n) is 12.0. The second-order valence-electron chi connectivity index (χ2n) is 5.43. The quantitative estimate of drug-likeness (QED) is 0.921. The Morgan fingerprint density at radius 1 is 1.36 bits per heavy atom. The largest absolute Gasteiger partial charge is 0.345 e. The smallest absolute Gasteiger partial charge is 0.338 e. The molecule has 1 amide bonds. The number of piperidine rings is 1. The van der Waals surface area contributed by atoms with Gasteiger partial charge < -0.3 is 9.88 Å². The average molecular weight is 301 g/mol. The zero-order valence-corrected chi connectivity index (χ0v) is 12.0. The van der Waals surface area contributed by atoms with Gasteiger partial charge in [0.1, 0.15) is 5.82 Å². The maximum atomic E-state index is 13.3. The molecule has 1 saturated heterocycles. The van der Waals surface area contributed by atoms with Crippen LogP contribution in [0.25, 0.3) is 0 Å². The number of carbonyl (C=O) groups excluding carboxylic acids is 1. The maximum Gasteiger partial charge on any atom is 0.345 e. The second kappa shape index (κ2) is 6.09. The van der Waals surface area contributed by atoms with E-state index in [0.29, 0.717) is 18.7 Å². The minimum absolute atomic E-state index is 0.0713. The van der Waals surface area contributed by atoms with Crippen molar-refractivity contribution in [1.29, 1.82) is 0 Å². The molecule has 1 aromatic heterocycles. The summed E-state index contributed by atoms with van der Waals surface area (Å²) in [7, 11) is 0. The van der Waals surface area contributed by atoms with Gasteiger partial charge in [0.05, 0.1) is 0 Å². The molecule has 1 aromatic carbocycles. The monoisotopic (exact) mass is 301 g/mol. The number of benzene rings is 1. The Labute approximate surface area is 126 Å². The lowest BCUT2D eigenvalue weighted by Crippen LogP contribution is -2.39. The Hall–Kier alpha value is -2.50. The number of H-pyrrole nitrogens is 1. The number of hydrogen-bond donors (Lipinski definition) is 1. The third-order valence-corrected chi connectivity index (χ3v) is 3.92. The first-order chi connectivity index (χ1) is 10.6. The molecule has 1 N–H and O–H groups in total. The van der Waals surface area contributed by atoms with Crippen molar-refractivity contribution in [1.82, 2.24) is 14.9 Å². The van der Waals surface area contributed by atoms with Crippen LogP contribution in [0.3, 0.4) is 0 Å². The van der Waals surface area contributed by atoms with Crippen LogP contribution in [0, 0.1) is 5.82 Å². The Morgan fingerprint density at radius 2 is 2.23 bits per heavy atom. The molecule has 114 valence electrons. The molecule has 2 heterocycles. The Kier molecular flexibility index (Phi) is 4.00. The van der Waals surface area contributed by atoms with E-state index in [2.05, 4.69) is 9.97 Å². The van der Waals surface area contributed by atoms with Gasteiger partial charge in [-0.15, -0.1) is 0 Å². The number of rotatable bonds is 2. The summed E-state index contributed by atoms with van der Waals surface area (Å²) < 4.78 is 13.3. The molecule has 0 saturated carbocycles.